The van der Waals surface area contributed by atoms with Crippen LogP contribution in [0.5, 0.6) is 0 Å². The van der Waals surface area contributed by atoms with Gasteiger partial charge in [-0.25, -0.2) is 0 Å². The maximum absolute atomic E-state index is 2.56. The molecule has 12 rings (SSSR count). The van der Waals surface area contributed by atoms with E-state index in [1.165, 1.54) is 82.6 Å². The molecule has 62 heavy (non-hydrogen) atoms. The molecule has 292 valence electrons. The lowest BCUT2D eigenvalue weighted by Gasteiger charge is -2.32. The maximum Gasteiger partial charge on any atom is 0.0629 e. The Labute approximate surface area is 362 Å². The third-order valence-electron chi connectivity index (χ3n) is 12.9. The Bertz CT molecular complexity index is 3360. The second-order valence-corrected chi connectivity index (χ2v) is 16.5. The van der Waals surface area contributed by atoms with E-state index in [2.05, 4.69) is 252 Å². The Kier molecular flexibility index (Phi) is 8.67. The van der Waals surface area contributed by atoms with Crippen molar-refractivity contribution < 1.29 is 0 Å². The molecule has 1 aliphatic heterocycles. The number of benzene rings is 10. The molecule has 0 radical (unpaired) electrons. The van der Waals surface area contributed by atoms with Gasteiger partial charge in [-0.05, 0) is 126 Å². The van der Waals surface area contributed by atoms with Crippen molar-refractivity contribution in [2.45, 2.75) is 12.0 Å². The van der Waals surface area contributed by atoms with E-state index in [0.29, 0.717) is 0 Å². The Balaban J connectivity index is 1.04. The highest BCUT2D eigenvalue weighted by atomic mass is 15.2. The Morgan fingerprint density at radius 2 is 1.00 bits per heavy atom. The van der Waals surface area contributed by atoms with Crippen molar-refractivity contribution in [2.24, 2.45) is 0 Å². The summed E-state index contributed by atoms with van der Waals surface area (Å²) in [7, 11) is 0. The molecular formula is C60H42N2. The van der Waals surface area contributed by atoms with Crippen LogP contribution < -0.4 is 9.80 Å². The Hall–Kier alpha value is -7.94. The predicted molar refractivity (Wildman–Crippen MR) is 263 cm³/mol. The number of hydrogen-bond donors (Lipinski definition) is 0. The summed E-state index contributed by atoms with van der Waals surface area (Å²) < 4.78 is 0. The van der Waals surface area contributed by atoms with Crippen molar-refractivity contribution in [1.29, 1.82) is 0 Å². The summed E-state index contributed by atoms with van der Waals surface area (Å²) >= 11 is 0. The number of anilines is 5. The standard InChI is InChI=1S/C60H42N2/c1-3-16-41(17-4-1)44-23-15-24-49(36-44)61(48-32-30-43(31-33-48)55-38-47-22-9-10-25-51(47)52-26-11-12-27-53(52)55)59-35-34-50(40-56(59)42-18-5-2-6-19-42)62-58-29-14-13-28-54(58)57-37-45-20-7-8-21-46(45)39-60(57)62/h1-40,54,58H. The van der Waals surface area contributed by atoms with Crippen LogP contribution in [0.2, 0.25) is 0 Å². The van der Waals surface area contributed by atoms with Crippen LogP contribution in [-0.4, -0.2) is 6.04 Å². The van der Waals surface area contributed by atoms with Crippen LogP contribution in [0, 0.1) is 0 Å². The van der Waals surface area contributed by atoms with E-state index < -0.39 is 0 Å². The molecule has 0 amide bonds. The van der Waals surface area contributed by atoms with Crippen LogP contribution >= 0.6 is 0 Å². The minimum absolute atomic E-state index is 0.179. The molecule has 2 heteroatoms. The summed E-state index contributed by atoms with van der Waals surface area (Å²) in [4.78, 5) is 5.00. The van der Waals surface area contributed by atoms with Crippen LogP contribution in [0.25, 0.3) is 65.7 Å². The zero-order chi connectivity index (χ0) is 41.0. The van der Waals surface area contributed by atoms with Crippen molar-refractivity contribution in [1.82, 2.24) is 0 Å². The van der Waals surface area contributed by atoms with E-state index in [-0.39, 0.29) is 12.0 Å². The fraction of sp³-hybridized carbons (Fsp3) is 0.0333. The van der Waals surface area contributed by atoms with Crippen LogP contribution in [0.4, 0.5) is 28.4 Å². The lowest BCUT2D eigenvalue weighted by Crippen LogP contribution is -2.28. The van der Waals surface area contributed by atoms with Crippen molar-refractivity contribution >= 4 is 60.8 Å². The molecule has 10 aromatic carbocycles. The molecule has 1 heterocycles. The lowest BCUT2D eigenvalue weighted by molar-refractivity contribution is 0.745. The first-order valence-electron chi connectivity index (χ1n) is 21.6. The normalized spacial score (nSPS) is 15.3. The average molecular weight is 791 g/mol. The van der Waals surface area contributed by atoms with Crippen LogP contribution in [0.3, 0.4) is 0 Å². The molecule has 0 N–H and O–H groups in total. The molecular weight excluding hydrogens is 749 g/mol. The minimum atomic E-state index is 0.179. The average Bonchev–Trinajstić information content (AvgIpc) is 3.67. The molecule has 0 spiro atoms. The van der Waals surface area contributed by atoms with E-state index in [1.807, 2.05) is 0 Å². The fourth-order valence-electron chi connectivity index (χ4n) is 10.0. The molecule has 2 nitrogen and oxygen atoms in total. The van der Waals surface area contributed by atoms with E-state index in [9.17, 15) is 0 Å². The third kappa shape index (κ3) is 6.11. The van der Waals surface area contributed by atoms with Gasteiger partial charge in [-0.15, -0.1) is 0 Å². The predicted octanol–water partition coefficient (Wildman–Crippen LogP) is 16.3. The molecule has 0 saturated carbocycles. The van der Waals surface area contributed by atoms with Crippen LogP contribution in [0.15, 0.2) is 243 Å². The van der Waals surface area contributed by atoms with Gasteiger partial charge in [0.15, 0.2) is 0 Å². The summed E-state index contributed by atoms with van der Waals surface area (Å²) in [5.41, 5.74) is 14.2. The van der Waals surface area contributed by atoms with Crippen molar-refractivity contribution in [3.05, 3.63) is 248 Å². The maximum atomic E-state index is 2.56. The molecule has 10 aromatic rings. The van der Waals surface area contributed by atoms with Crippen molar-refractivity contribution in [3.8, 4) is 33.4 Å². The number of fused-ring (bicyclic) bond motifs is 7. The lowest BCUT2D eigenvalue weighted by atomic mass is 9.90. The number of nitrogens with zero attached hydrogens (tertiary/aromatic N) is 2. The fourth-order valence-corrected chi connectivity index (χ4v) is 10.0. The Morgan fingerprint density at radius 3 is 1.79 bits per heavy atom. The molecule has 1 aliphatic carbocycles. The molecule has 2 unspecified atom stereocenters. The van der Waals surface area contributed by atoms with Gasteiger partial charge < -0.3 is 9.80 Å². The van der Waals surface area contributed by atoms with Crippen LogP contribution in [0.1, 0.15) is 11.5 Å². The van der Waals surface area contributed by atoms with E-state index in [1.54, 1.807) is 0 Å². The largest absolute Gasteiger partial charge is 0.333 e. The van der Waals surface area contributed by atoms with Gasteiger partial charge in [0.25, 0.3) is 0 Å². The van der Waals surface area contributed by atoms with Gasteiger partial charge in [0.1, 0.15) is 0 Å². The van der Waals surface area contributed by atoms with Gasteiger partial charge in [-0.2, -0.15) is 0 Å². The molecule has 2 atom stereocenters. The van der Waals surface area contributed by atoms with E-state index in [0.717, 1.165) is 17.1 Å². The zero-order valence-electron chi connectivity index (χ0n) is 34.1. The van der Waals surface area contributed by atoms with E-state index >= 15 is 0 Å². The second kappa shape index (κ2) is 15.0. The minimum Gasteiger partial charge on any atom is -0.333 e. The summed E-state index contributed by atoms with van der Waals surface area (Å²) in [6.45, 7) is 0. The van der Waals surface area contributed by atoms with Crippen molar-refractivity contribution in [3.63, 3.8) is 0 Å². The highest BCUT2D eigenvalue weighted by Gasteiger charge is 2.38. The molecule has 0 aromatic heterocycles. The van der Waals surface area contributed by atoms with Gasteiger partial charge >= 0.3 is 0 Å². The topological polar surface area (TPSA) is 6.48 Å². The number of hydrogen-bond acceptors (Lipinski definition) is 2. The molecule has 0 bridgehead atoms. The van der Waals surface area contributed by atoms with Gasteiger partial charge in [-0.1, -0.05) is 182 Å². The quantitative estimate of drug-likeness (QED) is 0.148. The first-order valence-corrected chi connectivity index (χ1v) is 21.6. The first kappa shape index (κ1) is 36.0. The summed E-state index contributed by atoms with van der Waals surface area (Å²) in [6, 6.07) is 80.4. The molecule has 0 saturated heterocycles. The van der Waals surface area contributed by atoms with Crippen LogP contribution in [-0.2, 0) is 0 Å². The number of allylic oxidation sites excluding steroid dienone is 2. The van der Waals surface area contributed by atoms with Crippen molar-refractivity contribution in [2.75, 3.05) is 9.80 Å². The molecule has 2 aliphatic rings. The molecule has 0 fully saturated rings. The SMILES string of the molecule is C1=CC2c3cc4ccccc4cc3N(c3ccc(N(c4ccc(-c5cc6ccccc6c6ccccc56)cc4)c4cccc(-c5ccccc5)c4)c(-c4ccccc4)c3)C2C=C1. The first-order chi connectivity index (χ1) is 30.7. The monoisotopic (exact) mass is 790 g/mol. The van der Waals surface area contributed by atoms with Gasteiger partial charge in [0, 0.05) is 34.2 Å². The zero-order valence-corrected chi connectivity index (χ0v) is 34.1. The smallest absolute Gasteiger partial charge is 0.0629 e. The Morgan fingerprint density at radius 1 is 0.371 bits per heavy atom. The number of rotatable bonds is 7. The van der Waals surface area contributed by atoms with Gasteiger partial charge in [0.2, 0.25) is 0 Å². The highest BCUT2D eigenvalue weighted by molar-refractivity contribution is 6.13. The summed E-state index contributed by atoms with van der Waals surface area (Å²) in [6.07, 6.45) is 9.15. The second-order valence-electron chi connectivity index (χ2n) is 16.5. The summed E-state index contributed by atoms with van der Waals surface area (Å²) in [5, 5.41) is 7.60. The van der Waals surface area contributed by atoms with Gasteiger partial charge in [0.05, 0.1) is 11.7 Å². The summed E-state index contributed by atoms with van der Waals surface area (Å²) in [5.74, 6) is 0.273. The van der Waals surface area contributed by atoms with E-state index in [4.69, 9.17) is 0 Å². The highest BCUT2D eigenvalue weighted by Crippen LogP contribution is 2.51. The van der Waals surface area contributed by atoms with Gasteiger partial charge in [-0.3, -0.25) is 0 Å². The third-order valence-corrected chi connectivity index (χ3v) is 12.9.